The Balaban J connectivity index is 1.48. The van der Waals surface area contributed by atoms with Crippen LogP contribution in [-0.2, 0) is 16.7 Å². The van der Waals surface area contributed by atoms with Gasteiger partial charge in [0.15, 0.2) is 0 Å². The molecule has 0 aromatic heterocycles. The van der Waals surface area contributed by atoms with Crippen molar-refractivity contribution in [3.05, 3.63) is 89.7 Å². The molecular formula is C24H22FNO5S. The SMILES string of the molecule is COc1ccccc1C(=O)N(Cc1ccc(OS(=O)(=O)c2ccc(F)cc2)cc1)C1CC1. The van der Waals surface area contributed by atoms with Crippen LogP contribution in [0.5, 0.6) is 11.5 Å². The fourth-order valence-electron chi connectivity index (χ4n) is 3.35. The minimum absolute atomic E-state index is 0.107. The Morgan fingerprint density at radius 2 is 1.66 bits per heavy atom. The van der Waals surface area contributed by atoms with E-state index >= 15 is 0 Å². The summed E-state index contributed by atoms with van der Waals surface area (Å²) in [6.45, 7) is 0.381. The number of halogens is 1. The van der Waals surface area contributed by atoms with Gasteiger partial charge in [-0.1, -0.05) is 24.3 Å². The molecule has 0 spiro atoms. The summed E-state index contributed by atoms with van der Waals surface area (Å²) >= 11 is 0. The lowest BCUT2D eigenvalue weighted by Crippen LogP contribution is -2.32. The Labute approximate surface area is 186 Å². The normalized spacial score (nSPS) is 13.4. The van der Waals surface area contributed by atoms with Gasteiger partial charge in [0.2, 0.25) is 0 Å². The van der Waals surface area contributed by atoms with Gasteiger partial charge in [-0.25, -0.2) is 4.39 Å². The van der Waals surface area contributed by atoms with Crippen LogP contribution in [0, 0.1) is 5.82 Å². The molecule has 8 heteroatoms. The number of nitrogens with zero attached hydrogens (tertiary/aromatic N) is 1. The van der Waals surface area contributed by atoms with Gasteiger partial charge in [0.05, 0.1) is 12.7 Å². The minimum Gasteiger partial charge on any atom is -0.496 e. The van der Waals surface area contributed by atoms with E-state index in [-0.39, 0.29) is 22.6 Å². The molecule has 32 heavy (non-hydrogen) atoms. The largest absolute Gasteiger partial charge is 0.496 e. The topological polar surface area (TPSA) is 72.9 Å². The van der Waals surface area contributed by atoms with Gasteiger partial charge in [-0.2, -0.15) is 8.42 Å². The van der Waals surface area contributed by atoms with E-state index in [0.717, 1.165) is 42.7 Å². The number of carbonyl (C=O) groups is 1. The molecule has 0 N–H and O–H groups in total. The van der Waals surface area contributed by atoms with Gasteiger partial charge in [0.1, 0.15) is 22.2 Å². The zero-order valence-corrected chi connectivity index (χ0v) is 18.2. The average molecular weight is 456 g/mol. The number of amides is 1. The summed E-state index contributed by atoms with van der Waals surface area (Å²) in [7, 11) is -2.54. The number of hydrogen-bond donors (Lipinski definition) is 0. The van der Waals surface area contributed by atoms with Crippen molar-refractivity contribution in [1.29, 1.82) is 0 Å². The van der Waals surface area contributed by atoms with Gasteiger partial charge in [0, 0.05) is 12.6 Å². The zero-order valence-electron chi connectivity index (χ0n) is 17.4. The highest BCUT2D eigenvalue weighted by Crippen LogP contribution is 2.32. The van der Waals surface area contributed by atoms with Gasteiger partial charge < -0.3 is 13.8 Å². The summed E-state index contributed by atoms with van der Waals surface area (Å²) in [6, 6.07) is 18.2. The van der Waals surface area contributed by atoms with Crippen LogP contribution in [0.25, 0.3) is 0 Å². The molecule has 0 radical (unpaired) electrons. The second-order valence-electron chi connectivity index (χ2n) is 7.50. The summed E-state index contributed by atoms with van der Waals surface area (Å²) in [5.74, 6) is 0.0188. The lowest BCUT2D eigenvalue weighted by molar-refractivity contribution is 0.0726. The van der Waals surface area contributed by atoms with Crippen LogP contribution in [0.15, 0.2) is 77.7 Å². The molecule has 1 saturated carbocycles. The molecule has 0 unspecified atom stereocenters. The van der Waals surface area contributed by atoms with E-state index in [4.69, 9.17) is 8.92 Å². The van der Waals surface area contributed by atoms with Gasteiger partial charge in [-0.15, -0.1) is 0 Å². The Hall–Kier alpha value is -3.39. The van der Waals surface area contributed by atoms with Gasteiger partial charge >= 0.3 is 10.1 Å². The number of rotatable bonds is 8. The lowest BCUT2D eigenvalue weighted by Gasteiger charge is -2.23. The van der Waals surface area contributed by atoms with Crippen molar-refractivity contribution in [1.82, 2.24) is 4.90 Å². The molecule has 0 atom stereocenters. The third-order valence-electron chi connectivity index (χ3n) is 5.17. The van der Waals surface area contributed by atoms with Crippen molar-refractivity contribution in [2.45, 2.75) is 30.3 Å². The van der Waals surface area contributed by atoms with Crippen molar-refractivity contribution in [3.8, 4) is 11.5 Å². The van der Waals surface area contributed by atoms with Crippen LogP contribution >= 0.6 is 0 Å². The van der Waals surface area contributed by atoms with E-state index in [1.54, 1.807) is 30.3 Å². The van der Waals surface area contributed by atoms with Crippen LogP contribution in [0.2, 0.25) is 0 Å². The highest BCUT2D eigenvalue weighted by atomic mass is 32.2. The van der Waals surface area contributed by atoms with Crippen molar-refractivity contribution in [2.24, 2.45) is 0 Å². The molecule has 4 rings (SSSR count). The number of carbonyl (C=O) groups excluding carboxylic acids is 1. The number of ether oxygens (including phenoxy) is 1. The molecule has 0 aliphatic heterocycles. The van der Waals surface area contributed by atoms with Crippen LogP contribution in [0.1, 0.15) is 28.8 Å². The minimum atomic E-state index is -4.07. The van der Waals surface area contributed by atoms with Crippen molar-refractivity contribution >= 4 is 16.0 Å². The number of methoxy groups -OCH3 is 1. The monoisotopic (exact) mass is 455 g/mol. The third kappa shape index (κ3) is 4.91. The van der Waals surface area contributed by atoms with Crippen molar-refractivity contribution in [3.63, 3.8) is 0 Å². The maximum absolute atomic E-state index is 13.2. The Morgan fingerprint density at radius 3 is 2.28 bits per heavy atom. The van der Waals surface area contributed by atoms with Crippen LogP contribution in [0.3, 0.4) is 0 Å². The van der Waals surface area contributed by atoms with E-state index in [0.29, 0.717) is 17.9 Å². The van der Waals surface area contributed by atoms with E-state index in [1.807, 2.05) is 11.0 Å². The molecule has 1 aliphatic carbocycles. The molecule has 0 bridgehead atoms. The zero-order chi connectivity index (χ0) is 22.7. The third-order valence-corrected chi connectivity index (χ3v) is 6.43. The summed E-state index contributed by atoms with van der Waals surface area (Å²) in [6.07, 6.45) is 1.88. The lowest BCUT2D eigenvalue weighted by atomic mass is 10.1. The molecule has 0 heterocycles. The number of hydrogen-bond acceptors (Lipinski definition) is 5. The van der Waals surface area contributed by atoms with Gasteiger partial charge in [-0.3, -0.25) is 4.79 Å². The standard InChI is InChI=1S/C24H22FNO5S/c1-30-23-5-3-2-4-22(23)24(27)26(19-10-11-19)16-17-6-12-20(13-7-17)31-32(28,29)21-14-8-18(25)9-15-21/h2-9,12-15,19H,10-11,16H2,1H3. The molecule has 1 amide bonds. The molecule has 1 fully saturated rings. The number of para-hydroxylation sites is 1. The molecule has 166 valence electrons. The number of benzene rings is 3. The fraction of sp³-hybridized carbons (Fsp3) is 0.208. The summed E-state index contributed by atoms with van der Waals surface area (Å²) in [4.78, 5) is 14.8. The Morgan fingerprint density at radius 1 is 1.00 bits per heavy atom. The van der Waals surface area contributed by atoms with E-state index in [9.17, 15) is 17.6 Å². The predicted molar refractivity (Wildman–Crippen MR) is 117 cm³/mol. The van der Waals surface area contributed by atoms with Crippen LogP contribution in [-0.4, -0.2) is 32.4 Å². The first-order valence-corrected chi connectivity index (χ1v) is 11.5. The second-order valence-corrected chi connectivity index (χ2v) is 9.05. The maximum atomic E-state index is 13.2. The molecule has 6 nitrogen and oxygen atoms in total. The van der Waals surface area contributed by atoms with E-state index in [2.05, 4.69) is 0 Å². The predicted octanol–water partition coefficient (Wildman–Crippen LogP) is 4.41. The second kappa shape index (κ2) is 9.00. The van der Waals surface area contributed by atoms with Gasteiger partial charge in [-0.05, 0) is 66.9 Å². The quantitative estimate of drug-likeness (QED) is 0.471. The molecular weight excluding hydrogens is 433 g/mol. The smallest absolute Gasteiger partial charge is 0.339 e. The maximum Gasteiger partial charge on any atom is 0.339 e. The first-order chi connectivity index (χ1) is 15.4. The fourth-order valence-corrected chi connectivity index (χ4v) is 4.28. The molecule has 0 saturated heterocycles. The molecule has 1 aliphatic rings. The Bertz CT molecular complexity index is 1210. The first-order valence-electron chi connectivity index (χ1n) is 10.1. The van der Waals surface area contributed by atoms with Crippen LogP contribution < -0.4 is 8.92 Å². The van der Waals surface area contributed by atoms with E-state index < -0.39 is 15.9 Å². The highest BCUT2D eigenvalue weighted by molar-refractivity contribution is 7.87. The average Bonchev–Trinajstić information content (AvgIpc) is 3.63. The van der Waals surface area contributed by atoms with Crippen molar-refractivity contribution < 1.29 is 26.5 Å². The summed E-state index contributed by atoms with van der Waals surface area (Å²) < 4.78 is 48.3. The molecule has 3 aromatic carbocycles. The van der Waals surface area contributed by atoms with Crippen LogP contribution in [0.4, 0.5) is 4.39 Å². The highest BCUT2D eigenvalue weighted by Gasteiger charge is 2.34. The Kier molecular flexibility index (Phi) is 6.14. The summed E-state index contributed by atoms with van der Waals surface area (Å²) in [5, 5.41) is 0. The van der Waals surface area contributed by atoms with E-state index in [1.165, 1.54) is 19.2 Å². The van der Waals surface area contributed by atoms with Gasteiger partial charge in [0.25, 0.3) is 5.91 Å². The summed E-state index contributed by atoms with van der Waals surface area (Å²) in [5.41, 5.74) is 1.35. The molecule has 3 aromatic rings. The first kappa shape index (κ1) is 21.8. The van der Waals surface area contributed by atoms with Crippen molar-refractivity contribution in [2.75, 3.05) is 7.11 Å².